The number of aromatic nitrogens is 2. The van der Waals surface area contributed by atoms with Gasteiger partial charge in [-0.05, 0) is 24.3 Å². The first kappa shape index (κ1) is 17.7. The van der Waals surface area contributed by atoms with Crippen LogP contribution in [0.15, 0.2) is 54.7 Å². The molecule has 2 heterocycles. The second kappa shape index (κ2) is 7.91. The van der Waals surface area contributed by atoms with Gasteiger partial charge in [-0.15, -0.1) is 0 Å². The summed E-state index contributed by atoms with van der Waals surface area (Å²) in [4.78, 5) is 20.7. The van der Waals surface area contributed by atoms with Gasteiger partial charge in [-0.3, -0.25) is 4.79 Å². The molecule has 1 aromatic heterocycles. The quantitative estimate of drug-likeness (QED) is 0.708. The molecule has 0 aliphatic carbocycles. The van der Waals surface area contributed by atoms with E-state index in [4.69, 9.17) is 9.47 Å². The smallest absolute Gasteiger partial charge is 0.270 e. The lowest BCUT2D eigenvalue weighted by molar-refractivity contribution is 0.0945. The van der Waals surface area contributed by atoms with E-state index >= 15 is 0 Å². The number of benzene rings is 2. The molecule has 28 heavy (non-hydrogen) atoms. The van der Waals surface area contributed by atoms with Gasteiger partial charge in [-0.25, -0.2) is 14.4 Å². The van der Waals surface area contributed by atoms with Crippen molar-refractivity contribution in [1.82, 2.24) is 15.3 Å². The lowest BCUT2D eigenvalue weighted by Gasteiger charge is -2.19. The zero-order chi connectivity index (χ0) is 19.3. The highest BCUT2D eigenvalue weighted by Gasteiger charge is 2.13. The number of halogens is 1. The number of amides is 1. The van der Waals surface area contributed by atoms with Gasteiger partial charge in [0.2, 0.25) is 5.95 Å². The van der Waals surface area contributed by atoms with E-state index in [0.29, 0.717) is 36.0 Å². The van der Waals surface area contributed by atoms with Gasteiger partial charge in [0.25, 0.3) is 5.91 Å². The van der Waals surface area contributed by atoms with E-state index in [1.54, 1.807) is 30.3 Å². The highest BCUT2D eigenvalue weighted by Crippen LogP contribution is 2.33. The van der Waals surface area contributed by atoms with Crippen molar-refractivity contribution in [2.75, 3.05) is 18.5 Å². The summed E-state index contributed by atoms with van der Waals surface area (Å²) in [5.74, 6) is 0.784. The fraction of sp³-hybridized carbons (Fsp3) is 0.150. The number of carbonyl (C=O) groups excluding carboxylic acids is 1. The highest BCUT2D eigenvalue weighted by molar-refractivity contribution is 5.92. The molecule has 8 heteroatoms. The van der Waals surface area contributed by atoms with Gasteiger partial charge in [0.15, 0.2) is 11.5 Å². The van der Waals surface area contributed by atoms with Crippen molar-refractivity contribution in [3.8, 4) is 11.5 Å². The van der Waals surface area contributed by atoms with Gasteiger partial charge < -0.3 is 20.1 Å². The average Bonchev–Trinajstić information content (AvgIpc) is 2.73. The van der Waals surface area contributed by atoms with Crippen LogP contribution in [0.25, 0.3) is 0 Å². The molecule has 0 radical (unpaired) electrons. The maximum Gasteiger partial charge on any atom is 0.270 e. The van der Waals surface area contributed by atoms with Crippen molar-refractivity contribution < 1.29 is 18.7 Å². The van der Waals surface area contributed by atoms with E-state index < -0.39 is 5.91 Å². The number of ether oxygens (including phenoxy) is 2. The van der Waals surface area contributed by atoms with E-state index in [1.807, 2.05) is 6.07 Å². The number of rotatable bonds is 5. The summed E-state index contributed by atoms with van der Waals surface area (Å²) in [6, 6.07) is 13.1. The predicted molar refractivity (Wildman–Crippen MR) is 100 cm³/mol. The standard InChI is InChI=1S/C20H17FN4O3/c21-15-4-2-1-3-13(15)12-23-19(26)16-7-8-22-20(25-16)24-14-5-6-17-18(11-14)28-10-9-27-17/h1-8,11H,9-10,12H2,(H,23,26)(H,22,24,25). The van der Waals surface area contributed by atoms with E-state index in [9.17, 15) is 9.18 Å². The van der Waals surface area contributed by atoms with E-state index in [2.05, 4.69) is 20.6 Å². The molecule has 1 aliphatic heterocycles. The van der Waals surface area contributed by atoms with Crippen LogP contribution in [-0.4, -0.2) is 29.1 Å². The minimum atomic E-state index is -0.420. The monoisotopic (exact) mass is 380 g/mol. The third-order valence-corrected chi connectivity index (χ3v) is 4.08. The molecule has 1 amide bonds. The molecule has 4 rings (SSSR count). The van der Waals surface area contributed by atoms with Crippen LogP contribution in [0.2, 0.25) is 0 Å². The van der Waals surface area contributed by atoms with Crippen LogP contribution in [0.4, 0.5) is 16.0 Å². The Balaban J connectivity index is 1.44. The summed E-state index contributed by atoms with van der Waals surface area (Å²) < 4.78 is 24.7. The fourth-order valence-corrected chi connectivity index (χ4v) is 2.70. The molecular weight excluding hydrogens is 363 g/mol. The minimum Gasteiger partial charge on any atom is -0.486 e. The van der Waals surface area contributed by atoms with Crippen LogP contribution in [0.1, 0.15) is 16.1 Å². The summed E-state index contributed by atoms with van der Waals surface area (Å²) in [7, 11) is 0. The number of hydrogen-bond donors (Lipinski definition) is 2. The van der Waals surface area contributed by atoms with E-state index in [1.165, 1.54) is 18.3 Å². The molecule has 2 aromatic carbocycles. The van der Waals surface area contributed by atoms with Gasteiger partial charge in [0, 0.05) is 30.1 Å². The minimum absolute atomic E-state index is 0.0699. The maximum atomic E-state index is 13.7. The van der Waals surface area contributed by atoms with Gasteiger partial charge in [0.05, 0.1) is 0 Å². The Morgan fingerprint density at radius 3 is 2.75 bits per heavy atom. The maximum absolute atomic E-state index is 13.7. The zero-order valence-electron chi connectivity index (χ0n) is 14.8. The summed E-state index contributed by atoms with van der Waals surface area (Å²) in [5, 5.41) is 5.69. The molecule has 7 nitrogen and oxygen atoms in total. The molecule has 3 aromatic rings. The number of fused-ring (bicyclic) bond motifs is 1. The van der Waals surface area contributed by atoms with Crippen LogP contribution < -0.4 is 20.1 Å². The SMILES string of the molecule is O=C(NCc1ccccc1F)c1ccnc(Nc2ccc3c(c2)OCCO3)n1. The Labute approximate surface area is 160 Å². The van der Waals surface area contributed by atoms with Crippen LogP contribution in [0, 0.1) is 5.82 Å². The Morgan fingerprint density at radius 1 is 1.07 bits per heavy atom. The molecule has 0 saturated carbocycles. The third kappa shape index (κ3) is 4.01. The van der Waals surface area contributed by atoms with Crippen molar-refractivity contribution >= 4 is 17.5 Å². The number of carbonyl (C=O) groups is 1. The highest BCUT2D eigenvalue weighted by atomic mass is 19.1. The summed E-state index contributed by atoms with van der Waals surface area (Å²) >= 11 is 0. The van der Waals surface area contributed by atoms with Crippen LogP contribution in [0.3, 0.4) is 0 Å². The van der Waals surface area contributed by atoms with Crippen molar-refractivity contribution in [2.24, 2.45) is 0 Å². The third-order valence-electron chi connectivity index (χ3n) is 4.08. The zero-order valence-corrected chi connectivity index (χ0v) is 14.8. The van der Waals surface area contributed by atoms with Gasteiger partial charge in [0.1, 0.15) is 24.7 Å². The van der Waals surface area contributed by atoms with Crippen molar-refractivity contribution in [3.05, 3.63) is 71.8 Å². The second-order valence-corrected chi connectivity index (χ2v) is 6.02. The second-order valence-electron chi connectivity index (χ2n) is 6.02. The normalized spacial score (nSPS) is 12.3. The predicted octanol–water partition coefficient (Wildman–Crippen LogP) is 3.06. The molecule has 0 atom stereocenters. The van der Waals surface area contributed by atoms with Gasteiger partial charge in [-0.1, -0.05) is 18.2 Å². The molecule has 2 N–H and O–H groups in total. The van der Waals surface area contributed by atoms with Crippen molar-refractivity contribution in [2.45, 2.75) is 6.54 Å². The van der Waals surface area contributed by atoms with Crippen LogP contribution in [0.5, 0.6) is 11.5 Å². The molecule has 0 bridgehead atoms. The molecule has 142 valence electrons. The van der Waals surface area contributed by atoms with Crippen LogP contribution in [-0.2, 0) is 6.54 Å². The van der Waals surface area contributed by atoms with Gasteiger partial charge in [-0.2, -0.15) is 0 Å². The lowest BCUT2D eigenvalue weighted by atomic mass is 10.2. The summed E-state index contributed by atoms with van der Waals surface area (Å²) in [5.41, 5.74) is 1.28. The first-order valence-corrected chi connectivity index (χ1v) is 8.70. The summed E-state index contributed by atoms with van der Waals surface area (Å²) in [6.45, 7) is 1.08. The first-order valence-electron chi connectivity index (χ1n) is 8.70. The average molecular weight is 380 g/mol. The Morgan fingerprint density at radius 2 is 1.89 bits per heavy atom. The molecular formula is C20H17FN4O3. The topological polar surface area (TPSA) is 85.4 Å². The van der Waals surface area contributed by atoms with Crippen molar-refractivity contribution in [3.63, 3.8) is 0 Å². The Bertz CT molecular complexity index is 1010. The molecule has 1 aliphatic rings. The Hall–Kier alpha value is -3.68. The number of hydrogen-bond acceptors (Lipinski definition) is 6. The molecule has 0 unspecified atom stereocenters. The summed E-state index contributed by atoms with van der Waals surface area (Å²) in [6.07, 6.45) is 1.48. The molecule has 0 saturated heterocycles. The molecule has 0 fully saturated rings. The molecule has 0 spiro atoms. The largest absolute Gasteiger partial charge is 0.486 e. The number of nitrogens with one attached hydrogen (secondary N) is 2. The number of nitrogens with zero attached hydrogens (tertiary/aromatic N) is 2. The number of anilines is 2. The van der Waals surface area contributed by atoms with Crippen LogP contribution >= 0.6 is 0 Å². The van der Waals surface area contributed by atoms with E-state index in [0.717, 1.165) is 0 Å². The Kier molecular flexibility index (Phi) is 5.01. The fourth-order valence-electron chi connectivity index (χ4n) is 2.70. The lowest BCUT2D eigenvalue weighted by Crippen LogP contribution is -2.24. The van der Waals surface area contributed by atoms with E-state index in [-0.39, 0.29) is 24.0 Å². The van der Waals surface area contributed by atoms with Crippen molar-refractivity contribution in [1.29, 1.82) is 0 Å². The first-order chi connectivity index (χ1) is 13.7. The van der Waals surface area contributed by atoms with Gasteiger partial charge >= 0.3 is 0 Å².